The van der Waals surface area contributed by atoms with Crippen LogP contribution in [0.2, 0.25) is 10.0 Å². The third-order valence-corrected chi connectivity index (χ3v) is 8.51. The summed E-state index contributed by atoms with van der Waals surface area (Å²) in [5, 5.41) is 26.9. The standard InChI is InChI=1S/C29H20Cl2N10O5/c30-12-3-7-14(8-4-12)32-27(45)36-25-17-19(43)21(34-23(17)38-40-25)29(11-1-2-16(29)42)22-20(44)18-24(35-22)39-41-26(18)37-28(46)33-15-9-5-13(31)6-10-15/h3-10,17,22H,1-2,11H2,(H2,33,37,46)(H2,32,36,40,45). The van der Waals surface area contributed by atoms with Gasteiger partial charge in [0.25, 0.3) is 0 Å². The van der Waals surface area contributed by atoms with Gasteiger partial charge in [-0.3, -0.25) is 30.0 Å². The molecule has 0 radical (unpaired) electrons. The number of hydrogen-bond donors (Lipinski definition) is 4. The van der Waals surface area contributed by atoms with Crippen molar-refractivity contribution in [2.24, 2.45) is 41.7 Å². The minimum Gasteiger partial charge on any atom is -0.308 e. The van der Waals surface area contributed by atoms with Gasteiger partial charge in [-0.2, -0.15) is 0 Å². The van der Waals surface area contributed by atoms with Crippen molar-refractivity contribution in [1.29, 1.82) is 0 Å². The molecule has 3 atom stereocenters. The first-order valence-corrected chi connectivity index (χ1v) is 14.7. The molecule has 1 aliphatic carbocycles. The number of carbonyl (C=O) groups is 5. The average Bonchev–Trinajstić information content (AvgIpc) is 3.83. The van der Waals surface area contributed by atoms with E-state index in [0.29, 0.717) is 27.8 Å². The molecular formula is C29H20Cl2N10O5. The topological polar surface area (TPSA) is 208 Å². The first kappa shape index (κ1) is 29.3. The predicted molar refractivity (Wildman–Crippen MR) is 167 cm³/mol. The Morgan fingerprint density at radius 1 is 0.783 bits per heavy atom. The summed E-state index contributed by atoms with van der Waals surface area (Å²) in [7, 11) is 0. The number of Topliss-reactive ketones (excluding diaryl/α,β-unsaturated/α-hetero) is 3. The summed E-state index contributed by atoms with van der Waals surface area (Å²) in [5.41, 5.74) is -1.08. The molecule has 7 rings (SSSR count). The average molecular weight is 659 g/mol. The van der Waals surface area contributed by atoms with Gasteiger partial charge in [-0.15, -0.1) is 20.4 Å². The van der Waals surface area contributed by atoms with Gasteiger partial charge in [0, 0.05) is 27.8 Å². The number of amidine groups is 3. The fourth-order valence-corrected chi connectivity index (χ4v) is 6.18. The third-order valence-electron chi connectivity index (χ3n) is 8.00. The molecule has 4 aliphatic heterocycles. The summed E-state index contributed by atoms with van der Waals surface area (Å²) in [6.07, 6.45) is 0.593. The Labute approximate surface area is 269 Å². The highest BCUT2D eigenvalue weighted by Crippen LogP contribution is 2.47. The van der Waals surface area contributed by atoms with Gasteiger partial charge in [-0.05, 0) is 61.4 Å². The molecule has 0 aromatic heterocycles. The van der Waals surface area contributed by atoms with E-state index in [9.17, 15) is 24.0 Å². The SMILES string of the molecule is O=C(NC1=NN=C2N=C(C3(C4N=C5N=NC(NC(=O)Nc6ccc(Cl)cc6)=C5C4=O)CCCC3=O)C(=O)C21)Nc1ccc(Cl)cc1. The van der Waals surface area contributed by atoms with Gasteiger partial charge < -0.3 is 10.6 Å². The van der Waals surface area contributed by atoms with Crippen LogP contribution in [0.15, 0.2) is 90.3 Å². The number of ketones is 3. The van der Waals surface area contributed by atoms with E-state index in [1.54, 1.807) is 48.5 Å². The van der Waals surface area contributed by atoms with Crippen molar-refractivity contribution in [3.8, 4) is 0 Å². The van der Waals surface area contributed by atoms with E-state index < -0.39 is 41.0 Å². The van der Waals surface area contributed by atoms with Crippen LogP contribution in [0.5, 0.6) is 0 Å². The summed E-state index contributed by atoms with van der Waals surface area (Å²) in [4.78, 5) is 75.6. The molecular weight excluding hydrogens is 639 g/mol. The van der Waals surface area contributed by atoms with Crippen molar-refractivity contribution < 1.29 is 24.0 Å². The molecule has 0 spiro atoms. The van der Waals surface area contributed by atoms with Crippen LogP contribution < -0.4 is 21.3 Å². The number of anilines is 2. The van der Waals surface area contributed by atoms with E-state index in [1.165, 1.54) is 0 Å². The van der Waals surface area contributed by atoms with E-state index in [1.807, 2.05) is 0 Å². The van der Waals surface area contributed by atoms with Crippen LogP contribution in [-0.4, -0.2) is 58.7 Å². The lowest BCUT2D eigenvalue weighted by Crippen LogP contribution is -2.51. The second-order valence-corrected chi connectivity index (χ2v) is 11.6. The zero-order chi connectivity index (χ0) is 32.2. The van der Waals surface area contributed by atoms with Gasteiger partial charge in [0.15, 0.2) is 34.9 Å². The molecule has 2 aromatic rings. The van der Waals surface area contributed by atoms with Gasteiger partial charge >= 0.3 is 12.1 Å². The lowest BCUT2D eigenvalue weighted by Gasteiger charge is -2.30. The second kappa shape index (κ2) is 11.2. The number of rotatable bonds is 5. The van der Waals surface area contributed by atoms with Crippen molar-refractivity contribution in [3.05, 3.63) is 70.0 Å². The molecule has 5 aliphatic rings. The number of amides is 4. The number of aliphatic imine (C=N–C) groups is 2. The maximum Gasteiger partial charge on any atom is 0.324 e. The number of nitrogens with zero attached hydrogens (tertiary/aromatic N) is 6. The minimum atomic E-state index is -1.70. The Hall–Kier alpha value is -5.41. The van der Waals surface area contributed by atoms with Gasteiger partial charge in [0.2, 0.25) is 0 Å². The Balaban J connectivity index is 1.11. The maximum absolute atomic E-state index is 13.9. The zero-order valence-electron chi connectivity index (χ0n) is 23.4. The van der Waals surface area contributed by atoms with E-state index in [2.05, 4.69) is 51.7 Å². The quantitative estimate of drug-likeness (QED) is 0.373. The molecule has 15 nitrogen and oxygen atoms in total. The van der Waals surface area contributed by atoms with Crippen LogP contribution >= 0.6 is 23.2 Å². The fraction of sp³-hybridized carbons (Fsp3) is 0.207. The van der Waals surface area contributed by atoms with Crippen molar-refractivity contribution in [3.63, 3.8) is 0 Å². The van der Waals surface area contributed by atoms with E-state index in [4.69, 9.17) is 23.2 Å². The van der Waals surface area contributed by atoms with Crippen LogP contribution in [0.25, 0.3) is 0 Å². The molecule has 1 fully saturated rings. The largest absolute Gasteiger partial charge is 0.324 e. The number of benzene rings is 2. The van der Waals surface area contributed by atoms with Crippen molar-refractivity contribution >= 4 is 87.2 Å². The Morgan fingerprint density at radius 3 is 2.02 bits per heavy atom. The lowest BCUT2D eigenvalue weighted by molar-refractivity contribution is -0.128. The second-order valence-electron chi connectivity index (χ2n) is 10.8. The normalized spacial score (nSPS) is 24.3. The molecule has 46 heavy (non-hydrogen) atoms. The Bertz CT molecular complexity index is 1950. The highest BCUT2D eigenvalue weighted by atomic mass is 35.5. The number of fused-ring (bicyclic) bond motifs is 2. The first-order valence-electron chi connectivity index (χ1n) is 13.9. The highest BCUT2D eigenvalue weighted by Gasteiger charge is 2.63. The van der Waals surface area contributed by atoms with Crippen LogP contribution in [0.1, 0.15) is 19.3 Å². The van der Waals surface area contributed by atoms with Crippen LogP contribution in [0.3, 0.4) is 0 Å². The van der Waals surface area contributed by atoms with E-state index >= 15 is 0 Å². The number of halogens is 2. The summed E-state index contributed by atoms with van der Waals surface area (Å²) >= 11 is 11.8. The Kier molecular flexibility index (Phi) is 7.13. The van der Waals surface area contributed by atoms with Gasteiger partial charge in [0.1, 0.15) is 34.4 Å². The molecule has 0 bridgehead atoms. The molecule has 4 N–H and O–H groups in total. The van der Waals surface area contributed by atoms with Gasteiger partial charge in [-0.1, -0.05) is 23.2 Å². The van der Waals surface area contributed by atoms with E-state index in [0.717, 1.165) is 0 Å². The molecule has 230 valence electrons. The third kappa shape index (κ3) is 4.89. The van der Waals surface area contributed by atoms with Crippen molar-refractivity contribution in [2.75, 3.05) is 10.6 Å². The van der Waals surface area contributed by atoms with Crippen LogP contribution in [-0.2, 0) is 14.4 Å². The maximum atomic E-state index is 13.9. The summed E-state index contributed by atoms with van der Waals surface area (Å²) in [5.74, 6) is -3.14. The molecule has 1 saturated carbocycles. The number of carbonyl (C=O) groups excluding carboxylic acids is 5. The molecule has 0 saturated heterocycles. The number of azo groups is 1. The molecule has 17 heteroatoms. The van der Waals surface area contributed by atoms with Crippen LogP contribution in [0, 0.1) is 11.3 Å². The summed E-state index contributed by atoms with van der Waals surface area (Å²) in [6.45, 7) is 0. The highest BCUT2D eigenvalue weighted by molar-refractivity contribution is 6.59. The Morgan fingerprint density at radius 2 is 1.41 bits per heavy atom. The molecule has 4 heterocycles. The van der Waals surface area contributed by atoms with Crippen molar-refractivity contribution in [1.82, 2.24) is 10.6 Å². The van der Waals surface area contributed by atoms with Crippen molar-refractivity contribution in [2.45, 2.75) is 25.3 Å². The molecule has 2 aromatic carbocycles. The zero-order valence-corrected chi connectivity index (χ0v) is 24.9. The van der Waals surface area contributed by atoms with Gasteiger partial charge in [0.05, 0.1) is 0 Å². The molecule has 3 unspecified atom stereocenters. The fourth-order valence-electron chi connectivity index (χ4n) is 5.93. The lowest BCUT2D eigenvalue weighted by atomic mass is 9.70. The molecule has 4 amide bonds. The van der Waals surface area contributed by atoms with Crippen LogP contribution in [0.4, 0.5) is 21.0 Å². The summed E-state index contributed by atoms with van der Waals surface area (Å²) in [6, 6.07) is 9.98. The van der Waals surface area contributed by atoms with Gasteiger partial charge in [-0.25, -0.2) is 14.6 Å². The number of urea groups is 2. The smallest absolute Gasteiger partial charge is 0.308 e. The monoisotopic (exact) mass is 658 g/mol. The minimum absolute atomic E-state index is 0.0145. The van der Waals surface area contributed by atoms with E-state index in [-0.39, 0.29) is 53.2 Å². The number of hydrogen-bond acceptors (Lipinski definition) is 11. The number of nitrogens with one attached hydrogen (secondary N) is 4. The summed E-state index contributed by atoms with van der Waals surface area (Å²) < 4.78 is 0. The first-order chi connectivity index (χ1) is 22.1. The predicted octanol–water partition coefficient (Wildman–Crippen LogP) is 4.07.